The predicted molar refractivity (Wildman–Crippen MR) is 72.2 cm³/mol. The maximum atomic E-state index is 11.1. The molecule has 0 spiro atoms. The summed E-state index contributed by atoms with van der Waals surface area (Å²) in [6.45, 7) is 1.97. The minimum atomic E-state index is -0.360. The van der Waals surface area contributed by atoms with E-state index in [4.69, 9.17) is 0 Å². The van der Waals surface area contributed by atoms with Crippen molar-refractivity contribution in [2.24, 2.45) is 0 Å². The Bertz CT molecular complexity index is 580. The number of hydrogen-bond donors (Lipinski definition) is 0. The van der Waals surface area contributed by atoms with E-state index in [9.17, 15) is 10.1 Å². The van der Waals surface area contributed by atoms with Crippen LogP contribution < -0.4 is 0 Å². The SMILES string of the molecule is CCc1nccn1-c1ccc(CBr)cc1[N+](=O)[O-]. The number of nitro benzene ring substituents is 1. The summed E-state index contributed by atoms with van der Waals surface area (Å²) in [4.78, 5) is 15.0. The van der Waals surface area contributed by atoms with Gasteiger partial charge in [0.25, 0.3) is 5.69 Å². The highest BCUT2D eigenvalue weighted by atomic mass is 79.9. The molecule has 0 fully saturated rings. The second-order valence-electron chi connectivity index (χ2n) is 3.78. The quantitative estimate of drug-likeness (QED) is 0.495. The Hall–Kier alpha value is -1.69. The summed E-state index contributed by atoms with van der Waals surface area (Å²) in [7, 11) is 0. The van der Waals surface area contributed by atoms with E-state index in [1.165, 1.54) is 0 Å². The lowest BCUT2D eigenvalue weighted by molar-refractivity contribution is -0.384. The molecule has 2 aromatic rings. The first-order valence-corrected chi connectivity index (χ1v) is 6.65. The summed E-state index contributed by atoms with van der Waals surface area (Å²) < 4.78 is 1.76. The first-order valence-electron chi connectivity index (χ1n) is 5.53. The van der Waals surface area contributed by atoms with Crippen LogP contribution in [-0.4, -0.2) is 14.5 Å². The Morgan fingerprint density at radius 1 is 1.50 bits per heavy atom. The number of hydrogen-bond acceptors (Lipinski definition) is 3. The molecule has 18 heavy (non-hydrogen) atoms. The van der Waals surface area contributed by atoms with Crippen molar-refractivity contribution in [3.8, 4) is 5.69 Å². The van der Waals surface area contributed by atoms with Crippen LogP contribution in [0.15, 0.2) is 30.6 Å². The summed E-state index contributed by atoms with van der Waals surface area (Å²) in [6, 6.07) is 5.22. The lowest BCUT2D eigenvalue weighted by atomic mass is 10.2. The molecule has 5 nitrogen and oxygen atoms in total. The van der Waals surface area contributed by atoms with E-state index < -0.39 is 0 Å². The summed E-state index contributed by atoms with van der Waals surface area (Å²) in [5, 5.41) is 11.7. The maximum absolute atomic E-state index is 11.1. The van der Waals surface area contributed by atoms with Crippen LogP contribution in [0, 0.1) is 10.1 Å². The van der Waals surface area contributed by atoms with Crippen molar-refractivity contribution in [3.63, 3.8) is 0 Å². The Labute approximate surface area is 113 Å². The monoisotopic (exact) mass is 309 g/mol. The molecule has 1 aromatic carbocycles. The Kier molecular flexibility index (Phi) is 3.76. The summed E-state index contributed by atoms with van der Waals surface area (Å²) >= 11 is 3.30. The van der Waals surface area contributed by atoms with E-state index in [-0.39, 0.29) is 10.6 Å². The van der Waals surface area contributed by atoms with Crippen LogP contribution in [0.25, 0.3) is 5.69 Å². The van der Waals surface area contributed by atoms with Crippen molar-refractivity contribution in [2.45, 2.75) is 18.7 Å². The summed E-state index contributed by atoms with van der Waals surface area (Å²) in [6.07, 6.45) is 4.13. The lowest BCUT2D eigenvalue weighted by Gasteiger charge is -2.08. The van der Waals surface area contributed by atoms with Gasteiger partial charge in [-0.05, 0) is 11.6 Å². The van der Waals surface area contributed by atoms with Gasteiger partial charge in [-0.25, -0.2) is 4.98 Å². The van der Waals surface area contributed by atoms with Crippen LogP contribution in [0.3, 0.4) is 0 Å². The Morgan fingerprint density at radius 3 is 2.89 bits per heavy atom. The van der Waals surface area contributed by atoms with Crippen molar-refractivity contribution in [2.75, 3.05) is 0 Å². The summed E-state index contributed by atoms with van der Waals surface area (Å²) in [5.41, 5.74) is 1.53. The van der Waals surface area contributed by atoms with Gasteiger partial charge >= 0.3 is 0 Å². The van der Waals surface area contributed by atoms with Crippen molar-refractivity contribution in [3.05, 3.63) is 52.1 Å². The van der Waals surface area contributed by atoms with Crippen molar-refractivity contribution >= 4 is 21.6 Å². The maximum Gasteiger partial charge on any atom is 0.293 e. The molecule has 1 heterocycles. The highest BCUT2D eigenvalue weighted by Crippen LogP contribution is 2.26. The number of aryl methyl sites for hydroxylation is 1. The number of imidazole rings is 1. The molecule has 6 heteroatoms. The third kappa shape index (κ3) is 2.28. The first-order chi connectivity index (χ1) is 8.67. The zero-order valence-electron chi connectivity index (χ0n) is 9.84. The van der Waals surface area contributed by atoms with E-state index in [0.29, 0.717) is 11.0 Å². The minimum Gasteiger partial charge on any atom is -0.298 e. The fourth-order valence-electron chi connectivity index (χ4n) is 1.82. The van der Waals surface area contributed by atoms with E-state index >= 15 is 0 Å². The van der Waals surface area contributed by atoms with Gasteiger partial charge in [-0.1, -0.05) is 28.9 Å². The molecule has 0 aliphatic heterocycles. The Balaban J connectivity index is 2.60. The molecule has 0 bridgehead atoms. The average molecular weight is 310 g/mol. The molecule has 0 saturated carbocycles. The number of rotatable bonds is 4. The highest BCUT2D eigenvalue weighted by Gasteiger charge is 2.17. The molecule has 0 aliphatic carbocycles. The van der Waals surface area contributed by atoms with Gasteiger partial charge in [-0.2, -0.15) is 0 Å². The van der Waals surface area contributed by atoms with E-state index in [0.717, 1.165) is 17.8 Å². The van der Waals surface area contributed by atoms with Gasteiger partial charge in [0.1, 0.15) is 11.5 Å². The summed E-state index contributed by atoms with van der Waals surface area (Å²) in [5.74, 6) is 0.810. The van der Waals surface area contributed by atoms with Crippen LogP contribution >= 0.6 is 15.9 Å². The van der Waals surface area contributed by atoms with E-state index in [1.807, 2.05) is 13.0 Å². The molecule has 0 N–H and O–H groups in total. The topological polar surface area (TPSA) is 61.0 Å². The molecular weight excluding hydrogens is 298 g/mol. The molecule has 0 amide bonds. The van der Waals surface area contributed by atoms with Gasteiger partial charge in [0.2, 0.25) is 0 Å². The number of aromatic nitrogens is 2. The molecular formula is C12H12BrN3O2. The number of benzene rings is 1. The smallest absolute Gasteiger partial charge is 0.293 e. The molecule has 0 atom stereocenters. The van der Waals surface area contributed by atoms with Gasteiger partial charge in [0.15, 0.2) is 0 Å². The predicted octanol–water partition coefficient (Wildman–Crippen LogP) is 3.24. The van der Waals surface area contributed by atoms with Gasteiger partial charge < -0.3 is 0 Å². The lowest BCUT2D eigenvalue weighted by Crippen LogP contribution is -2.03. The molecule has 94 valence electrons. The molecule has 0 aliphatic rings. The number of halogens is 1. The van der Waals surface area contributed by atoms with Gasteiger partial charge in [-0.3, -0.25) is 14.7 Å². The first kappa shape index (κ1) is 12.8. The fraction of sp³-hybridized carbons (Fsp3) is 0.250. The third-order valence-electron chi connectivity index (χ3n) is 2.68. The average Bonchev–Trinajstić information content (AvgIpc) is 2.86. The molecule has 2 rings (SSSR count). The molecule has 1 aromatic heterocycles. The standard InChI is InChI=1S/C12H12BrN3O2/c1-2-12-14-5-6-15(12)10-4-3-9(8-13)7-11(10)16(17)18/h3-7H,2,8H2,1H3. The normalized spacial score (nSPS) is 10.6. The van der Waals surface area contributed by atoms with Gasteiger partial charge in [0.05, 0.1) is 4.92 Å². The van der Waals surface area contributed by atoms with Crippen LogP contribution in [0.2, 0.25) is 0 Å². The van der Waals surface area contributed by atoms with Crippen molar-refractivity contribution < 1.29 is 4.92 Å². The van der Waals surface area contributed by atoms with Crippen LogP contribution in [0.5, 0.6) is 0 Å². The van der Waals surface area contributed by atoms with Gasteiger partial charge in [0, 0.05) is 30.2 Å². The van der Waals surface area contributed by atoms with Crippen molar-refractivity contribution in [1.82, 2.24) is 9.55 Å². The second kappa shape index (κ2) is 5.30. The second-order valence-corrected chi connectivity index (χ2v) is 4.34. The number of nitrogens with zero attached hydrogens (tertiary/aromatic N) is 3. The number of alkyl halides is 1. The zero-order valence-corrected chi connectivity index (χ0v) is 11.4. The third-order valence-corrected chi connectivity index (χ3v) is 3.33. The molecule has 0 unspecified atom stereocenters. The largest absolute Gasteiger partial charge is 0.298 e. The zero-order chi connectivity index (χ0) is 13.1. The van der Waals surface area contributed by atoms with Gasteiger partial charge in [-0.15, -0.1) is 0 Å². The van der Waals surface area contributed by atoms with E-state index in [1.54, 1.807) is 29.1 Å². The fourth-order valence-corrected chi connectivity index (χ4v) is 2.17. The Morgan fingerprint density at radius 2 is 2.28 bits per heavy atom. The molecule has 0 saturated heterocycles. The van der Waals surface area contributed by atoms with Crippen LogP contribution in [0.4, 0.5) is 5.69 Å². The number of nitro groups is 1. The van der Waals surface area contributed by atoms with Crippen molar-refractivity contribution in [1.29, 1.82) is 0 Å². The van der Waals surface area contributed by atoms with Crippen LogP contribution in [0.1, 0.15) is 18.3 Å². The highest BCUT2D eigenvalue weighted by molar-refractivity contribution is 9.08. The van der Waals surface area contributed by atoms with Crippen LogP contribution in [-0.2, 0) is 11.8 Å². The minimum absolute atomic E-state index is 0.0969. The molecule has 0 radical (unpaired) electrons. The van der Waals surface area contributed by atoms with E-state index in [2.05, 4.69) is 20.9 Å².